The zero-order valence-electron chi connectivity index (χ0n) is 9.91. The Morgan fingerprint density at radius 3 is 2.11 bits per heavy atom. The van der Waals surface area contributed by atoms with E-state index in [1.807, 2.05) is 0 Å². The van der Waals surface area contributed by atoms with Gasteiger partial charge in [-0.25, -0.2) is 4.79 Å². The van der Waals surface area contributed by atoms with Crippen LogP contribution in [-0.4, -0.2) is 17.8 Å². The summed E-state index contributed by atoms with van der Waals surface area (Å²) in [6.45, 7) is 0. The Balaban J connectivity index is 2.43. The van der Waals surface area contributed by atoms with E-state index in [4.69, 9.17) is 17.3 Å². The van der Waals surface area contributed by atoms with Crippen LogP contribution in [0.1, 0.15) is 19.3 Å². The monoisotopic (exact) mass is 269 g/mol. The molecule has 0 aromatic heterocycles. The van der Waals surface area contributed by atoms with Gasteiger partial charge in [-0.1, -0.05) is 0 Å². The van der Waals surface area contributed by atoms with Crippen molar-refractivity contribution in [1.29, 1.82) is 0 Å². The van der Waals surface area contributed by atoms with Crippen LogP contribution < -0.4 is 16.4 Å². The molecule has 1 rings (SSSR count). The summed E-state index contributed by atoms with van der Waals surface area (Å²) in [6, 6.07) is 6.11. The Labute approximate surface area is 111 Å². The summed E-state index contributed by atoms with van der Waals surface area (Å²) >= 11 is 5.53. The lowest BCUT2D eigenvalue weighted by atomic mass is 10.2. The molecule has 6 heteroatoms. The van der Waals surface area contributed by atoms with Gasteiger partial charge in [0.15, 0.2) is 0 Å². The lowest BCUT2D eigenvalue weighted by Gasteiger charge is -2.06. The van der Waals surface area contributed by atoms with Crippen molar-refractivity contribution in [1.82, 2.24) is 0 Å². The van der Waals surface area contributed by atoms with Gasteiger partial charge < -0.3 is 16.4 Å². The molecule has 0 saturated heterocycles. The van der Waals surface area contributed by atoms with E-state index in [9.17, 15) is 9.59 Å². The van der Waals surface area contributed by atoms with Gasteiger partial charge in [-0.2, -0.15) is 0 Å². The van der Waals surface area contributed by atoms with Crippen LogP contribution in [-0.2, 0) is 4.79 Å². The van der Waals surface area contributed by atoms with Crippen LogP contribution in [0.4, 0.5) is 16.2 Å². The molecule has 0 fully saturated rings. The van der Waals surface area contributed by atoms with E-state index in [1.54, 1.807) is 24.3 Å². The Hall–Kier alpha value is -1.75. The van der Waals surface area contributed by atoms with Gasteiger partial charge in [0.05, 0.1) is 0 Å². The van der Waals surface area contributed by atoms with Gasteiger partial charge in [0.25, 0.3) is 0 Å². The van der Waals surface area contributed by atoms with Gasteiger partial charge in [-0.05, 0) is 37.1 Å². The number of halogens is 1. The molecule has 1 aromatic carbocycles. The molecule has 5 nitrogen and oxygen atoms in total. The lowest BCUT2D eigenvalue weighted by molar-refractivity contribution is -0.116. The summed E-state index contributed by atoms with van der Waals surface area (Å²) in [5.74, 6) is 0.525. The predicted octanol–water partition coefficient (Wildman–Crippen LogP) is 2.52. The number of benzene rings is 1. The highest BCUT2D eigenvalue weighted by molar-refractivity contribution is 6.17. The standard InChI is InChI=1S/C12H16ClN3O2/c13-8-2-1-3-11(17)15-9-4-6-10(7-5-9)16-12(14)18/h4-7H,1-3,8H2,(H,15,17)(H3,14,16,18). The van der Waals surface area contributed by atoms with Gasteiger partial charge in [0.1, 0.15) is 0 Å². The summed E-state index contributed by atoms with van der Waals surface area (Å²) in [7, 11) is 0. The number of alkyl halides is 1. The van der Waals surface area contributed by atoms with Crippen LogP contribution in [0.25, 0.3) is 0 Å². The van der Waals surface area contributed by atoms with Crippen LogP contribution in [0.3, 0.4) is 0 Å². The maximum Gasteiger partial charge on any atom is 0.316 e. The molecule has 0 spiro atoms. The highest BCUT2D eigenvalue weighted by atomic mass is 35.5. The predicted molar refractivity (Wildman–Crippen MR) is 72.8 cm³/mol. The molecule has 0 aliphatic rings. The first-order valence-corrected chi connectivity index (χ1v) is 6.17. The normalized spacial score (nSPS) is 9.83. The molecular formula is C12H16ClN3O2. The van der Waals surface area contributed by atoms with E-state index in [0.29, 0.717) is 23.7 Å². The number of urea groups is 1. The first kappa shape index (κ1) is 14.3. The molecule has 0 atom stereocenters. The molecule has 0 aliphatic carbocycles. The Bertz CT molecular complexity index is 406. The molecule has 0 heterocycles. The molecule has 0 bridgehead atoms. The van der Waals surface area contributed by atoms with E-state index in [-0.39, 0.29) is 5.91 Å². The summed E-state index contributed by atoms with van der Waals surface area (Å²) in [5, 5.41) is 5.19. The molecule has 18 heavy (non-hydrogen) atoms. The Morgan fingerprint density at radius 2 is 1.61 bits per heavy atom. The number of unbranched alkanes of at least 4 members (excludes halogenated alkanes) is 1. The minimum absolute atomic E-state index is 0.0456. The quantitative estimate of drug-likeness (QED) is 0.548. The minimum atomic E-state index is -0.618. The van der Waals surface area contributed by atoms with Crippen molar-refractivity contribution < 1.29 is 9.59 Å². The highest BCUT2D eigenvalue weighted by Crippen LogP contribution is 2.13. The average molecular weight is 270 g/mol. The SMILES string of the molecule is NC(=O)Nc1ccc(NC(=O)CCCCCl)cc1. The number of nitrogens with one attached hydrogen (secondary N) is 2. The number of carbonyl (C=O) groups is 2. The number of primary amides is 1. The molecule has 0 radical (unpaired) electrons. The van der Waals surface area contributed by atoms with Gasteiger partial charge in [0.2, 0.25) is 5.91 Å². The van der Waals surface area contributed by atoms with Crippen LogP contribution in [0.5, 0.6) is 0 Å². The van der Waals surface area contributed by atoms with Crippen molar-refractivity contribution in [2.24, 2.45) is 5.73 Å². The molecular weight excluding hydrogens is 254 g/mol. The molecule has 0 unspecified atom stereocenters. The van der Waals surface area contributed by atoms with Crippen molar-refractivity contribution in [3.63, 3.8) is 0 Å². The van der Waals surface area contributed by atoms with Crippen LogP contribution in [0, 0.1) is 0 Å². The summed E-state index contributed by atoms with van der Waals surface area (Å²) in [5.41, 5.74) is 6.25. The maximum absolute atomic E-state index is 11.5. The van der Waals surface area contributed by atoms with E-state index < -0.39 is 6.03 Å². The third kappa shape index (κ3) is 5.54. The Kier molecular flexibility index (Phi) is 6.00. The van der Waals surface area contributed by atoms with E-state index >= 15 is 0 Å². The third-order valence-corrected chi connectivity index (χ3v) is 2.49. The first-order chi connectivity index (χ1) is 8.61. The van der Waals surface area contributed by atoms with E-state index in [1.165, 1.54) is 0 Å². The second kappa shape index (κ2) is 7.55. The van der Waals surface area contributed by atoms with Gasteiger partial charge in [-0.15, -0.1) is 11.6 Å². The van der Waals surface area contributed by atoms with Gasteiger partial charge >= 0.3 is 6.03 Å². The van der Waals surface area contributed by atoms with Crippen LogP contribution in [0.15, 0.2) is 24.3 Å². The highest BCUT2D eigenvalue weighted by Gasteiger charge is 2.02. The molecule has 0 saturated carbocycles. The molecule has 98 valence electrons. The summed E-state index contributed by atoms with van der Waals surface area (Å²) in [6.07, 6.45) is 2.06. The maximum atomic E-state index is 11.5. The largest absolute Gasteiger partial charge is 0.351 e. The number of hydrogen-bond donors (Lipinski definition) is 3. The molecule has 4 N–H and O–H groups in total. The average Bonchev–Trinajstić information content (AvgIpc) is 2.31. The smallest absolute Gasteiger partial charge is 0.316 e. The van der Waals surface area contributed by atoms with Crippen molar-refractivity contribution in [2.75, 3.05) is 16.5 Å². The second-order valence-electron chi connectivity index (χ2n) is 3.76. The summed E-state index contributed by atoms with van der Waals surface area (Å²) in [4.78, 5) is 22.1. The van der Waals surface area contributed by atoms with Gasteiger partial charge in [0, 0.05) is 23.7 Å². The lowest BCUT2D eigenvalue weighted by Crippen LogP contribution is -2.19. The first-order valence-electron chi connectivity index (χ1n) is 5.64. The number of amides is 3. The zero-order chi connectivity index (χ0) is 13.4. The topological polar surface area (TPSA) is 84.2 Å². The third-order valence-electron chi connectivity index (χ3n) is 2.22. The van der Waals surface area contributed by atoms with Crippen molar-refractivity contribution >= 4 is 34.9 Å². The van der Waals surface area contributed by atoms with Crippen molar-refractivity contribution in [3.8, 4) is 0 Å². The fourth-order valence-corrected chi connectivity index (χ4v) is 1.57. The number of hydrogen-bond acceptors (Lipinski definition) is 2. The second-order valence-corrected chi connectivity index (χ2v) is 4.14. The van der Waals surface area contributed by atoms with E-state index in [0.717, 1.165) is 12.8 Å². The van der Waals surface area contributed by atoms with Crippen molar-refractivity contribution in [3.05, 3.63) is 24.3 Å². The number of rotatable bonds is 6. The van der Waals surface area contributed by atoms with Crippen LogP contribution in [0.2, 0.25) is 0 Å². The molecule has 3 amide bonds. The fourth-order valence-electron chi connectivity index (χ4n) is 1.38. The summed E-state index contributed by atoms with van der Waals surface area (Å²) < 4.78 is 0. The fraction of sp³-hybridized carbons (Fsp3) is 0.333. The molecule has 0 aliphatic heterocycles. The van der Waals surface area contributed by atoms with Gasteiger partial charge in [-0.3, -0.25) is 4.79 Å². The van der Waals surface area contributed by atoms with Crippen molar-refractivity contribution in [2.45, 2.75) is 19.3 Å². The van der Waals surface area contributed by atoms with Crippen LogP contribution >= 0.6 is 11.6 Å². The number of carbonyl (C=O) groups excluding carboxylic acids is 2. The molecule has 1 aromatic rings. The Morgan fingerprint density at radius 1 is 1.06 bits per heavy atom. The number of nitrogens with two attached hydrogens (primary N) is 1. The minimum Gasteiger partial charge on any atom is -0.351 e. The zero-order valence-corrected chi connectivity index (χ0v) is 10.7. The van der Waals surface area contributed by atoms with E-state index in [2.05, 4.69) is 10.6 Å². The number of anilines is 2.